The molecule has 28 heavy (non-hydrogen) atoms. The summed E-state index contributed by atoms with van der Waals surface area (Å²) in [5.74, 6) is -0.608. The van der Waals surface area contributed by atoms with Crippen LogP contribution in [-0.4, -0.2) is 77.6 Å². The van der Waals surface area contributed by atoms with Gasteiger partial charge in [0.25, 0.3) is 0 Å². The lowest BCUT2D eigenvalue weighted by Crippen LogP contribution is -2.61. The fourth-order valence-corrected chi connectivity index (χ4v) is 4.63. The molecule has 0 aromatic heterocycles. The van der Waals surface area contributed by atoms with Gasteiger partial charge in [0.1, 0.15) is 6.10 Å². The summed E-state index contributed by atoms with van der Waals surface area (Å²) in [6.07, 6.45) is -1.76. The number of amides is 1. The molecule has 1 amide bonds. The summed E-state index contributed by atoms with van der Waals surface area (Å²) >= 11 is 5.56. The summed E-state index contributed by atoms with van der Waals surface area (Å²) in [7, 11) is 3.90. The molecule has 0 unspecified atom stereocenters. The lowest BCUT2D eigenvalue weighted by Gasteiger charge is -2.41. The molecule has 154 valence electrons. The topological polar surface area (TPSA) is 88.1 Å². The lowest BCUT2D eigenvalue weighted by molar-refractivity contribution is -0.131. The number of anilines is 1. The molecule has 0 bridgehead atoms. The maximum atomic E-state index is 13.0. The van der Waals surface area contributed by atoms with Crippen LogP contribution in [0, 0.1) is 19.8 Å². The highest BCUT2D eigenvalue weighted by molar-refractivity contribution is 7.80. The molecular weight excluding hydrogens is 376 g/mol. The molecule has 1 aliphatic carbocycles. The second-order valence-electron chi connectivity index (χ2n) is 8.18. The van der Waals surface area contributed by atoms with Crippen LogP contribution in [0.1, 0.15) is 17.5 Å². The standard InChI is InChI=1S/C20H30N4O3S/c1-11-7-12(2)9-13(8-11)24-17-14(19(27)21-5-6-23(3)4)10-15(25)18(26)16(17)22-20(24)28/h7-9,14-18,25-26H,5-6,10H2,1-4H3,(H,21,27)(H,22,28)/t14-,15-,16-,17-,18+/m1/s1. The average Bonchev–Trinajstić information content (AvgIpc) is 2.94. The predicted molar refractivity (Wildman–Crippen MR) is 113 cm³/mol. The molecule has 1 saturated carbocycles. The highest BCUT2D eigenvalue weighted by Crippen LogP contribution is 2.37. The SMILES string of the molecule is Cc1cc(C)cc(N2C(=S)N[C@H]3[C@@H](O)[C@H](O)C[C@@H](C(=O)NCCN(C)C)[C@H]32)c1. The van der Waals surface area contributed by atoms with Crippen molar-refractivity contribution in [2.24, 2.45) is 5.92 Å². The van der Waals surface area contributed by atoms with E-state index in [0.29, 0.717) is 11.7 Å². The van der Waals surface area contributed by atoms with E-state index in [9.17, 15) is 15.0 Å². The number of rotatable bonds is 5. The Bertz CT molecular complexity index is 737. The van der Waals surface area contributed by atoms with Gasteiger partial charge < -0.3 is 30.6 Å². The molecule has 7 nitrogen and oxygen atoms in total. The Morgan fingerprint density at radius 2 is 1.93 bits per heavy atom. The first kappa shape index (κ1) is 21.0. The molecule has 3 rings (SSSR count). The average molecular weight is 407 g/mol. The zero-order chi connectivity index (χ0) is 20.6. The van der Waals surface area contributed by atoms with Crippen molar-refractivity contribution < 1.29 is 15.0 Å². The van der Waals surface area contributed by atoms with Gasteiger partial charge in [-0.05, 0) is 69.8 Å². The van der Waals surface area contributed by atoms with Crippen LogP contribution in [0.5, 0.6) is 0 Å². The number of hydrogen-bond donors (Lipinski definition) is 4. The molecule has 1 aromatic carbocycles. The predicted octanol–water partition coefficient (Wildman–Crippen LogP) is 0.155. The van der Waals surface area contributed by atoms with Crippen LogP contribution in [0.25, 0.3) is 0 Å². The number of aliphatic hydroxyl groups is 2. The van der Waals surface area contributed by atoms with Gasteiger partial charge in [-0.2, -0.15) is 0 Å². The van der Waals surface area contributed by atoms with E-state index in [2.05, 4.69) is 16.7 Å². The van der Waals surface area contributed by atoms with Crippen molar-refractivity contribution in [3.05, 3.63) is 29.3 Å². The van der Waals surface area contributed by atoms with Gasteiger partial charge in [-0.25, -0.2) is 0 Å². The van der Waals surface area contributed by atoms with Crippen LogP contribution in [0.15, 0.2) is 18.2 Å². The first-order chi connectivity index (χ1) is 13.2. The monoisotopic (exact) mass is 406 g/mol. The molecule has 2 aliphatic rings. The number of nitrogens with one attached hydrogen (secondary N) is 2. The van der Waals surface area contributed by atoms with Crippen LogP contribution in [0.2, 0.25) is 0 Å². The van der Waals surface area contributed by atoms with Crippen LogP contribution >= 0.6 is 12.2 Å². The third-order valence-electron chi connectivity index (χ3n) is 5.52. The molecule has 0 spiro atoms. The number of nitrogens with zero attached hydrogens (tertiary/aromatic N) is 2. The fraction of sp³-hybridized carbons (Fsp3) is 0.600. The Hall–Kier alpha value is -1.74. The summed E-state index contributed by atoms with van der Waals surface area (Å²) in [5.41, 5.74) is 3.10. The van der Waals surface area contributed by atoms with Gasteiger partial charge in [-0.15, -0.1) is 0 Å². The third kappa shape index (κ3) is 4.15. The zero-order valence-electron chi connectivity index (χ0n) is 16.8. The Balaban J connectivity index is 1.91. The summed E-state index contributed by atoms with van der Waals surface area (Å²) < 4.78 is 0. The lowest BCUT2D eigenvalue weighted by atomic mass is 9.77. The first-order valence-electron chi connectivity index (χ1n) is 9.65. The molecule has 1 aromatic rings. The van der Waals surface area contributed by atoms with Crippen molar-refractivity contribution in [1.29, 1.82) is 0 Å². The normalized spacial score (nSPS) is 29.6. The van der Waals surface area contributed by atoms with Crippen molar-refractivity contribution in [3.8, 4) is 0 Å². The van der Waals surface area contributed by atoms with Crippen molar-refractivity contribution in [2.75, 3.05) is 32.1 Å². The minimum Gasteiger partial charge on any atom is -0.390 e. The Kier molecular flexibility index (Phi) is 6.24. The minimum absolute atomic E-state index is 0.122. The van der Waals surface area contributed by atoms with Crippen LogP contribution in [0.3, 0.4) is 0 Å². The smallest absolute Gasteiger partial charge is 0.225 e. The van der Waals surface area contributed by atoms with Gasteiger partial charge in [0, 0.05) is 18.8 Å². The largest absolute Gasteiger partial charge is 0.390 e. The Morgan fingerprint density at radius 1 is 1.29 bits per heavy atom. The van der Waals surface area contributed by atoms with E-state index in [4.69, 9.17) is 12.2 Å². The van der Waals surface area contributed by atoms with Crippen molar-refractivity contribution >= 4 is 28.9 Å². The van der Waals surface area contributed by atoms with Crippen molar-refractivity contribution in [2.45, 2.75) is 44.6 Å². The van der Waals surface area contributed by atoms with E-state index >= 15 is 0 Å². The number of benzene rings is 1. The quantitative estimate of drug-likeness (QED) is 0.518. The number of carbonyl (C=O) groups excluding carboxylic acids is 1. The minimum atomic E-state index is -0.982. The van der Waals surface area contributed by atoms with E-state index < -0.39 is 24.2 Å². The maximum absolute atomic E-state index is 13.0. The molecule has 4 N–H and O–H groups in total. The number of hydrogen-bond acceptors (Lipinski definition) is 5. The van der Waals surface area contributed by atoms with E-state index in [1.807, 2.05) is 49.9 Å². The van der Waals surface area contributed by atoms with E-state index in [1.54, 1.807) is 0 Å². The van der Waals surface area contributed by atoms with Gasteiger partial charge >= 0.3 is 0 Å². The van der Waals surface area contributed by atoms with Gasteiger partial charge in [0.05, 0.1) is 24.1 Å². The second kappa shape index (κ2) is 8.32. The summed E-state index contributed by atoms with van der Waals surface area (Å²) in [6.45, 7) is 5.30. The molecule has 1 aliphatic heterocycles. The maximum Gasteiger partial charge on any atom is 0.225 e. The van der Waals surface area contributed by atoms with E-state index in [1.165, 1.54) is 0 Å². The van der Waals surface area contributed by atoms with Crippen LogP contribution < -0.4 is 15.5 Å². The molecule has 1 saturated heterocycles. The highest BCUT2D eigenvalue weighted by atomic mass is 32.1. The molecule has 5 atom stereocenters. The third-order valence-corrected chi connectivity index (χ3v) is 5.84. The molecule has 8 heteroatoms. The van der Waals surface area contributed by atoms with Crippen LogP contribution in [0.4, 0.5) is 5.69 Å². The van der Waals surface area contributed by atoms with Gasteiger partial charge in [0.2, 0.25) is 5.91 Å². The summed E-state index contributed by atoms with van der Waals surface area (Å²) in [5, 5.41) is 27.5. The van der Waals surface area contributed by atoms with Crippen molar-refractivity contribution in [1.82, 2.24) is 15.5 Å². The number of fused-ring (bicyclic) bond motifs is 1. The number of carbonyl (C=O) groups is 1. The number of thiocarbonyl (C=S) groups is 1. The second-order valence-corrected chi connectivity index (χ2v) is 8.56. The Labute approximate surface area is 171 Å². The van der Waals surface area contributed by atoms with Crippen LogP contribution in [-0.2, 0) is 4.79 Å². The molecule has 0 radical (unpaired) electrons. The number of likely N-dealkylation sites (N-methyl/N-ethyl adjacent to an activating group) is 1. The highest BCUT2D eigenvalue weighted by Gasteiger charge is 2.53. The van der Waals surface area contributed by atoms with Gasteiger partial charge in [-0.1, -0.05) is 6.07 Å². The van der Waals surface area contributed by atoms with Gasteiger partial charge in [0.15, 0.2) is 5.11 Å². The molecule has 2 fully saturated rings. The van der Waals surface area contributed by atoms with Gasteiger partial charge in [-0.3, -0.25) is 4.79 Å². The number of aliphatic hydroxyl groups excluding tert-OH is 2. The summed E-state index contributed by atoms with van der Waals surface area (Å²) in [6, 6.07) is 5.29. The Morgan fingerprint density at radius 3 is 2.54 bits per heavy atom. The first-order valence-corrected chi connectivity index (χ1v) is 10.1. The molecular formula is C20H30N4O3S. The number of aryl methyl sites for hydroxylation is 2. The summed E-state index contributed by atoms with van der Waals surface area (Å²) in [4.78, 5) is 16.9. The van der Waals surface area contributed by atoms with E-state index in [-0.39, 0.29) is 18.4 Å². The fourth-order valence-electron chi connectivity index (χ4n) is 4.26. The zero-order valence-corrected chi connectivity index (χ0v) is 17.7. The molecule has 1 heterocycles. The van der Waals surface area contributed by atoms with E-state index in [0.717, 1.165) is 23.4 Å². The van der Waals surface area contributed by atoms with Crippen molar-refractivity contribution in [3.63, 3.8) is 0 Å².